The zero-order valence-corrected chi connectivity index (χ0v) is 16.7. The molecular formula is C23H28N2O3. The molecule has 4 fully saturated rings. The van der Waals surface area contributed by atoms with Gasteiger partial charge in [-0.3, -0.25) is 14.9 Å². The molecule has 1 aliphatic heterocycles. The van der Waals surface area contributed by atoms with Gasteiger partial charge in [0.1, 0.15) is 0 Å². The molecule has 0 saturated heterocycles. The van der Waals surface area contributed by atoms with Gasteiger partial charge < -0.3 is 5.32 Å². The number of nitrogens with zero attached hydrogens (tertiary/aromatic N) is 1. The minimum atomic E-state index is -0.363. The monoisotopic (exact) mass is 380 g/mol. The van der Waals surface area contributed by atoms with Crippen molar-refractivity contribution in [3.05, 3.63) is 45.5 Å². The van der Waals surface area contributed by atoms with Crippen LogP contribution in [0.1, 0.15) is 63.5 Å². The SMILES string of the molecule is CC1(C)Cc2ccc([N+](=O)[O-])cc2/C(=C/C(=O)C23CC4CC(CC(C4)C2)C3)N1. The van der Waals surface area contributed by atoms with E-state index in [1.807, 2.05) is 6.07 Å². The highest BCUT2D eigenvalue weighted by Crippen LogP contribution is 2.60. The van der Waals surface area contributed by atoms with Crippen molar-refractivity contribution in [2.45, 2.75) is 64.3 Å². The van der Waals surface area contributed by atoms with Crippen molar-refractivity contribution < 1.29 is 9.72 Å². The number of carbonyl (C=O) groups excluding carboxylic acids is 1. The molecule has 0 atom stereocenters. The van der Waals surface area contributed by atoms with Crippen molar-refractivity contribution >= 4 is 17.2 Å². The topological polar surface area (TPSA) is 72.2 Å². The number of fused-ring (bicyclic) bond motifs is 1. The van der Waals surface area contributed by atoms with Crippen molar-refractivity contribution in [2.24, 2.45) is 23.2 Å². The summed E-state index contributed by atoms with van der Waals surface area (Å²) in [5, 5.41) is 14.8. The number of hydrogen-bond acceptors (Lipinski definition) is 4. The summed E-state index contributed by atoms with van der Waals surface area (Å²) in [6, 6.07) is 5.04. The number of ketones is 1. The zero-order chi connectivity index (χ0) is 19.7. The highest BCUT2D eigenvalue weighted by atomic mass is 16.6. The Hall–Kier alpha value is -2.17. The van der Waals surface area contributed by atoms with E-state index in [2.05, 4.69) is 19.2 Å². The van der Waals surface area contributed by atoms with E-state index in [4.69, 9.17) is 0 Å². The van der Waals surface area contributed by atoms with Gasteiger partial charge in [-0.05, 0) is 82.1 Å². The van der Waals surface area contributed by atoms with E-state index in [0.29, 0.717) is 0 Å². The lowest BCUT2D eigenvalue weighted by molar-refractivity contribution is -0.384. The van der Waals surface area contributed by atoms with Crippen LogP contribution in [0, 0.1) is 33.3 Å². The molecule has 1 heterocycles. The van der Waals surface area contributed by atoms with Gasteiger partial charge in [0, 0.05) is 40.4 Å². The van der Waals surface area contributed by atoms with Crippen LogP contribution in [0.15, 0.2) is 24.3 Å². The Labute approximate surface area is 165 Å². The second-order valence-corrected chi connectivity index (χ2v) is 10.4. The summed E-state index contributed by atoms with van der Waals surface area (Å²) in [4.78, 5) is 24.5. The number of allylic oxidation sites excluding steroid dienone is 1. The first-order chi connectivity index (χ1) is 13.2. The van der Waals surface area contributed by atoms with Gasteiger partial charge in [0.05, 0.1) is 4.92 Å². The lowest BCUT2D eigenvalue weighted by Gasteiger charge is -2.55. The Morgan fingerprint density at radius 3 is 2.32 bits per heavy atom. The van der Waals surface area contributed by atoms with Gasteiger partial charge in [-0.25, -0.2) is 0 Å². The molecular weight excluding hydrogens is 352 g/mol. The Morgan fingerprint density at radius 1 is 1.14 bits per heavy atom. The summed E-state index contributed by atoms with van der Waals surface area (Å²) in [5.41, 5.74) is 2.34. The molecule has 1 N–H and O–H groups in total. The van der Waals surface area contributed by atoms with Crippen molar-refractivity contribution in [1.29, 1.82) is 0 Å². The number of benzene rings is 1. The average Bonchev–Trinajstić information content (AvgIpc) is 2.59. The first kappa shape index (κ1) is 17.9. The lowest BCUT2D eigenvalue weighted by atomic mass is 9.48. The van der Waals surface area contributed by atoms with Gasteiger partial charge in [0.2, 0.25) is 0 Å². The summed E-state index contributed by atoms with van der Waals surface area (Å²) in [7, 11) is 0. The number of nitro benzene ring substituents is 1. The molecule has 148 valence electrons. The largest absolute Gasteiger partial charge is 0.379 e. The third-order valence-electron chi connectivity index (χ3n) is 7.54. The second-order valence-electron chi connectivity index (χ2n) is 10.4. The fourth-order valence-corrected chi connectivity index (χ4v) is 6.85. The van der Waals surface area contributed by atoms with Crippen LogP contribution in [-0.4, -0.2) is 16.2 Å². The van der Waals surface area contributed by atoms with Crippen LogP contribution in [0.4, 0.5) is 5.69 Å². The Kier molecular flexibility index (Phi) is 3.78. The predicted octanol–water partition coefficient (Wildman–Crippen LogP) is 4.65. The molecule has 1 aromatic carbocycles. The summed E-state index contributed by atoms with van der Waals surface area (Å²) in [6.45, 7) is 4.22. The highest BCUT2D eigenvalue weighted by Gasteiger charge is 2.54. The van der Waals surface area contributed by atoms with E-state index < -0.39 is 0 Å². The summed E-state index contributed by atoms with van der Waals surface area (Å²) >= 11 is 0. The predicted molar refractivity (Wildman–Crippen MR) is 108 cm³/mol. The molecule has 5 nitrogen and oxygen atoms in total. The Bertz CT molecular complexity index is 864. The Morgan fingerprint density at radius 2 is 1.75 bits per heavy atom. The first-order valence-corrected chi connectivity index (χ1v) is 10.6. The summed E-state index contributed by atoms with van der Waals surface area (Å²) < 4.78 is 0. The molecule has 4 saturated carbocycles. The van der Waals surface area contributed by atoms with Gasteiger partial charge >= 0.3 is 0 Å². The molecule has 0 unspecified atom stereocenters. The van der Waals surface area contributed by atoms with Crippen molar-refractivity contribution in [3.63, 3.8) is 0 Å². The number of nitro groups is 1. The van der Waals surface area contributed by atoms with Gasteiger partial charge in [-0.2, -0.15) is 0 Å². The standard InChI is InChI=1S/C23H28N2O3/c1-22(2)13-17-3-4-18(25(27)28)8-19(17)20(24-22)9-21(26)23-10-14-5-15(11-23)7-16(6-14)12-23/h3-4,8-9,14-16,24H,5-7,10-13H2,1-2H3/b20-9-. The van der Waals surface area contributed by atoms with Crippen LogP contribution in [0.5, 0.6) is 0 Å². The van der Waals surface area contributed by atoms with Gasteiger partial charge in [-0.1, -0.05) is 6.07 Å². The van der Waals surface area contributed by atoms with E-state index in [1.54, 1.807) is 18.2 Å². The zero-order valence-electron chi connectivity index (χ0n) is 16.7. The third kappa shape index (κ3) is 2.87. The van der Waals surface area contributed by atoms with Crippen molar-refractivity contribution in [1.82, 2.24) is 5.32 Å². The van der Waals surface area contributed by atoms with Gasteiger partial charge in [-0.15, -0.1) is 0 Å². The number of rotatable bonds is 3. The molecule has 0 amide bonds. The molecule has 28 heavy (non-hydrogen) atoms. The van der Waals surface area contributed by atoms with Gasteiger partial charge in [0.15, 0.2) is 5.78 Å². The van der Waals surface area contributed by atoms with Crippen LogP contribution >= 0.6 is 0 Å². The quantitative estimate of drug-likeness (QED) is 0.471. The van der Waals surface area contributed by atoms with E-state index >= 15 is 0 Å². The molecule has 1 aromatic rings. The van der Waals surface area contributed by atoms with Crippen LogP contribution < -0.4 is 5.32 Å². The second kappa shape index (κ2) is 5.91. The van der Waals surface area contributed by atoms with E-state index in [-0.39, 0.29) is 27.3 Å². The maximum Gasteiger partial charge on any atom is 0.270 e. The molecule has 0 radical (unpaired) electrons. The third-order valence-corrected chi connectivity index (χ3v) is 7.54. The number of nitrogens with one attached hydrogen (secondary N) is 1. The van der Waals surface area contributed by atoms with E-state index in [0.717, 1.165) is 60.3 Å². The first-order valence-electron chi connectivity index (χ1n) is 10.6. The van der Waals surface area contributed by atoms with E-state index in [9.17, 15) is 14.9 Å². The van der Waals surface area contributed by atoms with Crippen molar-refractivity contribution in [2.75, 3.05) is 0 Å². The smallest absolute Gasteiger partial charge is 0.270 e. The maximum absolute atomic E-state index is 13.6. The highest BCUT2D eigenvalue weighted by molar-refractivity contribution is 6.01. The molecule has 0 spiro atoms. The number of carbonyl (C=O) groups is 1. The van der Waals surface area contributed by atoms with Crippen molar-refractivity contribution in [3.8, 4) is 0 Å². The van der Waals surface area contributed by atoms with Crippen LogP contribution in [0.3, 0.4) is 0 Å². The van der Waals surface area contributed by atoms with Crippen LogP contribution in [0.25, 0.3) is 5.70 Å². The van der Waals surface area contributed by atoms with E-state index in [1.165, 1.54) is 19.3 Å². The average molecular weight is 380 g/mol. The molecule has 4 aliphatic carbocycles. The number of non-ortho nitro benzene ring substituents is 1. The molecule has 5 aliphatic rings. The molecule has 4 bridgehead atoms. The lowest BCUT2D eigenvalue weighted by Crippen LogP contribution is -2.50. The molecule has 0 aromatic heterocycles. The molecule has 6 rings (SSSR count). The number of hydrogen-bond donors (Lipinski definition) is 1. The summed E-state index contributed by atoms with van der Waals surface area (Å²) in [6.07, 6.45) is 9.60. The fourth-order valence-electron chi connectivity index (χ4n) is 6.85. The Balaban J connectivity index is 1.53. The maximum atomic E-state index is 13.6. The van der Waals surface area contributed by atoms with Crippen LogP contribution in [0.2, 0.25) is 0 Å². The van der Waals surface area contributed by atoms with Gasteiger partial charge in [0.25, 0.3) is 5.69 Å². The molecule has 5 heteroatoms. The normalized spacial score (nSPS) is 36.1. The summed E-state index contributed by atoms with van der Waals surface area (Å²) in [5.74, 6) is 2.40. The minimum absolute atomic E-state index is 0.0772. The minimum Gasteiger partial charge on any atom is -0.379 e. The van der Waals surface area contributed by atoms with Crippen LogP contribution in [-0.2, 0) is 11.2 Å². The fraction of sp³-hybridized carbons (Fsp3) is 0.609.